The standard InChI is InChI=1S/C12H14BrN/c1-3-4-11-8-9-7-10(13)5-6-12(9)14(11)2/h5-8H,3-4H2,1-2H3. The van der Waals surface area contributed by atoms with E-state index in [-0.39, 0.29) is 0 Å². The number of aromatic nitrogens is 1. The molecule has 0 saturated carbocycles. The van der Waals surface area contributed by atoms with Crippen molar-refractivity contribution >= 4 is 26.8 Å². The van der Waals surface area contributed by atoms with Gasteiger partial charge in [0.1, 0.15) is 0 Å². The second-order valence-electron chi connectivity index (χ2n) is 3.65. The summed E-state index contributed by atoms with van der Waals surface area (Å²) in [5.41, 5.74) is 2.73. The molecule has 2 heteroatoms. The lowest BCUT2D eigenvalue weighted by atomic mass is 10.2. The summed E-state index contributed by atoms with van der Waals surface area (Å²) in [7, 11) is 2.14. The number of fused-ring (bicyclic) bond motifs is 1. The molecule has 0 bridgehead atoms. The molecule has 0 saturated heterocycles. The summed E-state index contributed by atoms with van der Waals surface area (Å²) in [5, 5.41) is 1.32. The van der Waals surface area contributed by atoms with Crippen LogP contribution in [0.1, 0.15) is 19.0 Å². The summed E-state index contributed by atoms with van der Waals surface area (Å²) in [5.74, 6) is 0. The van der Waals surface area contributed by atoms with Gasteiger partial charge in [0.2, 0.25) is 0 Å². The van der Waals surface area contributed by atoms with E-state index in [2.05, 4.69) is 58.7 Å². The zero-order chi connectivity index (χ0) is 10.1. The first-order valence-corrected chi connectivity index (χ1v) is 5.75. The van der Waals surface area contributed by atoms with E-state index in [1.54, 1.807) is 0 Å². The smallest absolute Gasteiger partial charge is 0.0480 e. The van der Waals surface area contributed by atoms with Gasteiger partial charge in [-0.25, -0.2) is 0 Å². The maximum absolute atomic E-state index is 3.50. The highest BCUT2D eigenvalue weighted by atomic mass is 79.9. The molecule has 2 aromatic rings. The lowest BCUT2D eigenvalue weighted by molar-refractivity contribution is 0.805. The highest BCUT2D eigenvalue weighted by molar-refractivity contribution is 9.10. The Hall–Kier alpha value is -0.760. The van der Waals surface area contributed by atoms with Gasteiger partial charge in [0.25, 0.3) is 0 Å². The van der Waals surface area contributed by atoms with Crippen molar-refractivity contribution in [3.05, 3.63) is 34.4 Å². The summed E-state index contributed by atoms with van der Waals surface area (Å²) >= 11 is 3.50. The zero-order valence-electron chi connectivity index (χ0n) is 8.55. The van der Waals surface area contributed by atoms with Crippen LogP contribution >= 0.6 is 15.9 Å². The van der Waals surface area contributed by atoms with Crippen LogP contribution in [0.15, 0.2) is 28.7 Å². The second kappa shape index (κ2) is 3.77. The number of halogens is 1. The topological polar surface area (TPSA) is 4.93 Å². The van der Waals surface area contributed by atoms with Gasteiger partial charge in [-0.3, -0.25) is 0 Å². The van der Waals surface area contributed by atoms with Gasteiger partial charge >= 0.3 is 0 Å². The van der Waals surface area contributed by atoms with Crippen LogP contribution in [0.4, 0.5) is 0 Å². The predicted octanol–water partition coefficient (Wildman–Crippen LogP) is 3.89. The molecule has 1 nitrogen and oxygen atoms in total. The van der Waals surface area contributed by atoms with Gasteiger partial charge in [0.15, 0.2) is 0 Å². The van der Waals surface area contributed by atoms with Crippen molar-refractivity contribution in [3.63, 3.8) is 0 Å². The van der Waals surface area contributed by atoms with Gasteiger partial charge in [0, 0.05) is 28.1 Å². The minimum Gasteiger partial charge on any atom is -0.348 e. The van der Waals surface area contributed by atoms with Crippen LogP contribution in [0.2, 0.25) is 0 Å². The van der Waals surface area contributed by atoms with Gasteiger partial charge in [-0.15, -0.1) is 0 Å². The quantitative estimate of drug-likeness (QED) is 0.764. The molecule has 74 valence electrons. The first-order chi connectivity index (χ1) is 6.72. The van der Waals surface area contributed by atoms with E-state index in [0.717, 1.165) is 10.9 Å². The zero-order valence-corrected chi connectivity index (χ0v) is 10.1. The molecule has 0 aliphatic rings. The summed E-state index contributed by atoms with van der Waals surface area (Å²) in [6.07, 6.45) is 2.36. The van der Waals surface area contributed by atoms with Crippen LogP contribution in [-0.2, 0) is 13.5 Å². The van der Waals surface area contributed by atoms with Crippen molar-refractivity contribution in [2.75, 3.05) is 0 Å². The molecule has 0 amide bonds. The van der Waals surface area contributed by atoms with Gasteiger partial charge < -0.3 is 4.57 Å². The molecular weight excluding hydrogens is 238 g/mol. The van der Waals surface area contributed by atoms with Crippen molar-refractivity contribution in [3.8, 4) is 0 Å². The fourth-order valence-corrected chi connectivity index (χ4v) is 2.25. The predicted molar refractivity (Wildman–Crippen MR) is 64.6 cm³/mol. The van der Waals surface area contributed by atoms with Crippen molar-refractivity contribution in [1.82, 2.24) is 4.57 Å². The molecule has 0 atom stereocenters. The van der Waals surface area contributed by atoms with Crippen molar-refractivity contribution in [1.29, 1.82) is 0 Å². The molecule has 0 unspecified atom stereocenters. The SMILES string of the molecule is CCCc1cc2cc(Br)ccc2n1C. The number of rotatable bonds is 2. The summed E-state index contributed by atoms with van der Waals surface area (Å²) in [6.45, 7) is 2.22. The third-order valence-electron chi connectivity index (χ3n) is 2.61. The Morgan fingerprint density at radius 1 is 1.29 bits per heavy atom. The highest BCUT2D eigenvalue weighted by Crippen LogP contribution is 2.23. The monoisotopic (exact) mass is 251 g/mol. The Balaban J connectivity index is 2.61. The Labute approximate surface area is 92.9 Å². The molecule has 0 radical (unpaired) electrons. The second-order valence-corrected chi connectivity index (χ2v) is 4.56. The fraction of sp³-hybridized carbons (Fsp3) is 0.333. The molecule has 1 aromatic carbocycles. The van der Waals surface area contributed by atoms with Crippen molar-refractivity contribution in [2.45, 2.75) is 19.8 Å². The molecule has 14 heavy (non-hydrogen) atoms. The van der Waals surface area contributed by atoms with Crippen molar-refractivity contribution in [2.24, 2.45) is 7.05 Å². The number of benzene rings is 1. The van der Waals surface area contributed by atoms with Crippen LogP contribution in [0, 0.1) is 0 Å². The first kappa shape index (κ1) is 9.78. The Morgan fingerprint density at radius 2 is 2.07 bits per heavy atom. The molecule has 0 N–H and O–H groups in total. The number of hydrogen-bond donors (Lipinski definition) is 0. The van der Waals surface area contributed by atoms with Gasteiger partial charge in [0.05, 0.1) is 0 Å². The first-order valence-electron chi connectivity index (χ1n) is 4.96. The third-order valence-corrected chi connectivity index (χ3v) is 3.10. The number of nitrogens with zero attached hydrogens (tertiary/aromatic N) is 1. The molecule has 0 aliphatic carbocycles. The van der Waals surface area contributed by atoms with Gasteiger partial charge in [-0.1, -0.05) is 29.3 Å². The minimum absolute atomic E-state index is 1.15. The molecule has 0 spiro atoms. The Kier molecular flexibility index (Phi) is 2.64. The van der Waals surface area contributed by atoms with Crippen LogP contribution in [-0.4, -0.2) is 4.57 Å². The van der Waals surface area contributed by atoms with E-state index in [1.165, 1.54) is 23.0 Å². The lowest BCUT2D eigenvalue weighted by Gasteiger charge is -2.01. The van der Waals surface area contributed by atoms with Crippen LogP contribution in [0.25, 0.3) is 10.9 Å². The highest BCUT2D eigenvalue weighted by Gasteiger charge is 2.04. The molecule has 0 aliphatic heterocycles. The number of aryl methyl sites for hydroxylation is 2. The number of hydrogen-bond acceptors (Lipinski definition) is 0. The molecular formula is C12H14BrN. The molecule has 0 fully saturated rings. The minimum atomic E-state index is 1.15. The van der Waals surface area contributed by atoms with Crippen LogP contribution in [0.3, 0.4) is 0 Å². The molecule has 1 aromatic heterocycles. The van der Waals surface area contributed by atoms with E-state index in [1.807, 2.05) is 0 Å². The maximum atomic E-state index is 3.50. The van der Waals surface area contributed by atoms with E-state index in [4.69, 9.17) is 0 Å². The lowest BCUT2D eigenvalue weighted by Crippen LogP contribution is -1.94. The summed E-state index contributed by atoms with van der Waals surface area (Å²) < 4.78 is 3.43. The summed E-state index contributed by atoms with van der Waals surface area (Å²) in [4.78, 5) is 0. The Bertz CT molecular complexity index is 457. The fourth-order valence-electron chi connectivity index (χ4n) is 1.87. The van der Waals surface area contributed by atoms with E-state index in [0.29, 0.717) is 0 Å². The molecule has 2 rings (SSSR count). The van der Waals surface area contributed by atoms with Gasteiger partial charge in [-0.2, -0.15) is 0 Å². The van der Waals surface area contributed by atoms with Crippen LogP contribution < -0.4 is 0 Å². The summed E-state index contributed by atoms with van der Waals surface area (Å²) in [6, 6.07) is 8.72. The van der Waals surface area contributed by atoms with Crippen LogP contribution in [0.5, 0.6) is 0 Å². The maximum Gasteiger partial charge on any atom is 0.0480 e. The average molecular weight is 252 g/mol. The van der Waals surface area contributed by atoms with E-state index in [9.17, 15) is 0 Å². The largest absolute Gasteiger partial charge is 0.348 e. The Morgan fingerprint density at radius 3 is 2.79 bits per heavy atom. The van der Waals surface area contributed by atoms with E-state index >= 15 is 0 Å². The normalized spacial score (nSPS) is 11.1. The van der Waals surface area contributed by atoms with Gasteiger partial charge in [-0.05, 0) is 30.7 Å². The van der Waals surface area contributed by atoms with E-state index < -0.39 is 0 Å². The average Bonchev–Trinajstić information content (AvgIpc) is 2.44. The molecule has 1 heterocycles. The van der Waals surface area contributed by atoms with Crippen molar-refractivity contribution < 1.29 is 0 Å². The third kappa shape index (κ3) is 1.59.